The van der Waals surface area contributed by atoms with Gasteiger partial charge in [0.05, 0.1) is 11.0 Å². The van der Waals surface area contributed by atoms with Crippen molar-refractivity contribution in [1.29, 1.82) is 0 Å². The zero-order valence-electron chi connectivity index (χ0n) is 16.8. The number of fused-ring (bicyclic) bond motifs is 1. The van der Waals surface area contributed by atoms with Crippen molar-refractivity contribution < 1.29 is 9.59 Å². The molecule has 0 saturated carbocycles. The van der Waals surface area contributed by atoms with Crippen LogP contribution in [0.25, 0.3) is 22.2 Å². The van der Waals surface area contributed by atoms with Crippen molar-refractivity contribution in [3.63, 3.8) is 0 Å². The van der Waals surface area contributed by atoms with E-state index in [1.54, 1.807) is 6.07 Å². The van der Waals surface area contributed by atoms with Gasteiger partial charge in [0.1, 0.15) is 0 Å². The molecule has 3 N–H and O–H groups in total. The molecule has 30 heavy (non-hydrogen) atoms. The van der Waals surface area contributed by atoms with E-state index < -0.39 is 0 Å². The van der Waals surface area contributed by atoms with E-state index in [0.29, 0.717) is 18.1 Å². The van der Waals surface area contributed by atoms with Crippen molar-refractivity contribution in [2.75, 3.05) is 5.32 Å². The molecule has 4 aromatic rings. The smallest absolute Gasteiger partial charge is 0.251 e. The SMILES string of the molecule is CC(=O)Nc1nc2c(C)cc(-c3cccc(C(=O)NCc4ccccc4)c3)cc2[nH]1. The maximum atomic E-state index is 12.6. The molecule has 1 aromatic heterocycles. The fraction of sp³-hybridized carbons (Fsp3) is 0.125. The van der Waals surface area contributed by atoms with Crippen LogP contribution < -0.4 is 10.6 Å². The number of aryl methyl sites for hydroxylation is 1. The highest BCUT2D eigenvalue weighted by Gasteiger charge is 2.11. The summed E-state index contributed by atoms with van der Waals surface area (Å²) in [6.45, 7) is 3.90. The van der Waals surface area contributed by atoms with E-state index in [2.05, 4.69) is 20.6 Å². The summed E-state index contributed by atoms with van der Waals surface area (Å²) in [5.74, 6) is 0.126. The van der Waals surface area contributed by atoms with E-state index in [4.69, 9.17) is 0 Å². The quantitative estimate of drug-likeness (QED) is 0.465. The molecule has 1 heterocycles. The Labute approximate surface area is 174 Å². The number of hydrogen-bond donors (Lipinski definition) is 3. The maximum absolute atomic E-state index is 12.6. The van der Waals surface area contributed by atoms with Crippen molar-refractivity contribution in [3.05, 3.63) is 83.4 Å². The summed E-state index contributed by atoms with van der Waals surface area (Å²) >= 11 is 0. The zero-order valence-corrected chi connectivity index (χ0v) is 16.8. The van der Waals surface area contributed by atoms with Crippen LogP contribution in [0.3, 0.4) is 0 Å². The highest BCUT2D eigenvalue weighted by Crippen LogP contribution is 2.28. The summed E-state index contributed by atoms with van der Waals surface area (Å²) in [4.78, 5) is 31.5. The topological polar surface area (TPSA) is 86.9 Å². The van der Waals surface area contributed by atoms with Gasteiger partial charge in [-0.15, -0.1) is 0 Å². The maximum Gasteiger partial charge on any atom is 0.251 e. The third-order valence-electron chi connectivity index (χ3n) is 4.83. The lowest BCUT2D eigenvalue weighted by atomic mass is 10.00. The molecule has 150 valence electrons. The number of H-pyrrole nitrogens is 1. The predicted molar refractivity (Wildman–Crippen MR) is 118 cm³/mol. The molecular weight excluding hydrogens is 376 g/mol. The Morgan fingerprint density at radius 1 is 0.967 bits per heavy atom. The fourth-order valence-electron chi connectivity index (χ4n) is 3.40. The van der Waals surface area contributed by atoms with Gasteiger partial charge in [-0.05, 0) is 53.4 Å². The number of nitrogens with zero attached hydrogens (tertiary/aromatic N) is 1. The molecule has 0 aliphatic rings. The number of aromatic nitrogens is 2. The van der Waals surface area contributed by atoms with Gasteiger partial charge in [-0.2, -0.15) is 0 Å². The average Bonchev–Trinajstić information content (AvgIpc) is 3.15. The van der Waals surface area contributed by atoms with Gasteiger partial charge in [-0.3, -0.25) is 14.9 Å². The van der Waals surface area contributed by atoms with Crippen molar-refractivity contribution in [2.24, 2.45) is 0 Å². The fourth-order valence-corrected chi connectivity index (χ4v) is 3.40. The summed E-state index contributed by atoms with van der Waals surface area (Å²) in [6, 6.07) is 21.4. The minimum absolute atomic E-state index is 0.118. The molecule has 0 atom stereocenters. The number of hydrogen-bond acceptors (Lipinski definition) is 3. The normalized spacial score (nSPS) is 10.7. The molecular formula is C24H22N4O2. The second-order valence-corrected chi connectivity index (χ2v) is 7.20. The number of rotatable bonds is 5. The molecule has 0 radical (unpaired) electrons. The van der Waals surface area contributed by atoms with Gasteiger partial charge in [0.15, 0.2) is 0 Å². The van der Waals surface area contributed by atoms with Crippen LogP contribution in [-0.2, 0) is 11.3 Å². The third-order valence-corrected chi connectivity index (χ3v) is 4.83. The Hall–Kier alpha value is -3.93. The Morgan fingerprint density at radius 2 is 1.77 bits per heavy atom. The van der Waals surface area contributed by atoms with E-state index >= 15 is 0 Å². The lowest BCUT2D eigenvalue weighted by Crippen LogP contribution is -2.22. The Balaban J connectivity index is 1.59. The van der Waals surface area contributed by atoms with Crippen LogP contribution in [0.5, 0.6) is 0 Å². The summed E-state index contributed by atoms with van der Waals surface area (Å²) in [5.41, 5.74) is 6.17. The second-order valence-electron chi connectivity index (χ2n) is 7.20. The minimum atomic E-state index is -0.179. The van der Waals surface area contributed by atoms with Crippen LogP contribution >= 0.6 is 0 Å². The molecule has 0 bridgehead atoms. The summed E-state index contributed by atoms with van der Waals surface area (Å²) in [7, 11) is 0. The van der Waals surface area contributed by atoms with Crippen molar-refractivity contribution in [3.8, 4) is 11.1 Å². The minimum Gasteiger partial charge on any atom is -0.348 e. The van der Waals surface area contributed by atoms with Crippen LogP contribution in [0.1, 0.15) is 28.4 Å². The lowest BCUT2D eigenvalue weighted by Gasteiger charge is -2.08. The predicted octanol–water partition coefficient (Wildman–Crippen LogP) is 4.43. The molecule has 3 aromatic carbocycles. The molecule has 4 rings (SSSR count). The number of carbonyl (C=O) groups is 2. The van der Waals surface area contributed by atoms with Crippen molar-refractivity contribution in [2.45, 2.75) is 20.4 Å². The number of nitrogens with one attached hydrogen (secondary N) is 3. The van der Waals surface area contributed by atoms with Gasteiger partial charge >= 0.3 is 0 Å². The van der Waals surface area contributed by atoms with Crippen LogP contribution in [0.2, 0.25) is 0 Å². The first kappa shape index (κ1) is 19.4. The largest absolute Gasteiger partial charge is 0.348 e. The van der Waals surface area contributed by atoms with Crippen LogP contribution in [-0.4, -0.2) is 21.8 Å². The lowest BCUT2D eigenvalue weighted by molar-refractivity contribution is -0.114. The summed E-state index contributed by atoms with van der Waals surface area (Å²) in [6.07, 6.45) is 0. The number of carbonyl (C=O) groups excluding carboxylic acids is 2. The number of benzene rings is 3. The standard InChI is InChI=1S/C24H22N4O2/c1-15-11-20(13-21-22(15)28-24(27-21)26-16(2)29)18-9-6-10-19(12-18)23(30)25-14-17-7-4-3-5-8-17/h3-13H,14H2,1-2H3,(H,25,30)(H2,26,27,28,29). The van der Waals surface area contributed by atoms with Gasteiger partial charge in [0, 0.05) is 19.0 Å². The molecule has 0 unspecified atom stereocenters. The summed E-state index contributed by atoms with van der Waals surface area (Å²) in [5, 5.41) is 5.63. The highest BCUT2D eigenvalue weighted by molar-refractivity contribution is 5.96. The number of amides is 2. The van der Waals surface area contributed by atoms with E-state index in [1.807, 2.05) is 67.6 Å². The molecule has 6 nitrogen and oxygen atoms in total. The molecule has 0 aliphatic heterocycles. The zero-order chi connectivity index (χ0) is 21.1. The molecule has 0 fully saturated rings. The Kier molecular flexibility index (Phi) is 5.30. The third kappa shape index (κ3) is 4.22. The molecule has 0 aliphatic carbocycles. The Morgan fingerprint density at radius 3 is 2.53 bits per heavy atom. The van der Waals surface area contributed by atoms with Gasteiger partial charge in [0.2, 0.25) is 11.9 Å². The van der Waals surface area contributed by atoms with Crippen LogP contribution in [0.4, 0.5) is 5.95 Å². The van der Waals surface area contributed by atoms with E-state index in [-0.39, 0.29) is 11.8 Å². The highest BCUT2D eigenvalue weighted by atomic mass is 16.2. The summed E-state index contributed by atoms with van der Waals surface area (Å²) < 4.78 is 0. The van der Waals surface area contributed by atoms with Gasteiger partial charge in [-0.1, -0.05) is 42.5 Å². The Bertz CT molecular complexity index is 1230. The first-order chi connectivity index (χ1) is 14.5. The first-order valence-corrected chi connectivity index (χ1v) is 9.70. The van der Waals surface area contributed by atoms with Gasteiger partial charge in [-0.25, -0.2) is 4.98 Å². The molecule has 6 heteroatoms. The van der Waals surface area contributed by atoms with Crippen molar-refractivity contribution >= 4 is 28.8 Å². The molecule has 2 amide bonds. The number of aromatic amines is 1. The van der Waals surface area contributed by atoms with Crippen LogP contribution in [0.15, 0.2) is 66.7 Å². The van der Waals surface area contributed by atoms with E-state index in [9.17, 15) is 9.59 Å². The number of anilines is 1. The van der Waals surface area contributed by atoms with E-state index in [0.717, 1.165) is 33.3 Å². The van der Waals surface area contributed by atoms with Crippen LogP contribution in [0, 0.1) is 6.92 Å². The molecule has 0 saturated heterocycles. The number of imidazole rings is 1. The van der Waals surface area contributed by atoms with E-state index in [1.165, 1.54) is 6.92 Å². The van der Waals surface area contributed by atoms with Gasteiger partial charge in [0.25, 0.3) is 5.91 Å². The monoisotopic (exact) mass is 398 g/mol. The average molecular weight is 398 g/mol. The second kappa shape index (κ2) is 8.21. The first-order valence-electron chi connectivity index (χ1n) is 9.70. The van der Waals surface area contributed by atoms with Crippen molar-refractivity contribution in [1.82, 2.24) is 15.3 Å². The van der Waals surface area contributed by atoms with Gasteiger partial charge < -0.3 is 10.3 Å². The molecule has 0 spiro atoms.